The lowest BCUT2D eigenvalue weighted by Gasteiger charge is -2.40. The van der Waals surface area contributed by atoms with Crippen LogP contribution in [0.2, 0.25) is 0 Å². The highest BCUT2D eigenvalue weighted by Gasteiger charge is 2.76. The van der Waals surface area contributed by atoms with E-state index in [9.17, 15) is 19.5 Å². The van der Waals surface area contributed by atoms with Crippen LogP contribution >= 0.6 is 27.7 Å². The molecule has 3 rings (SSSR count). The SMILES string of the molecule is C=CCN(C)C(=O)[C@H]1[C@@H]2SC3(CC2Br)C(C(=O)N(CC=C)CCCCC)N([C@@H](CC)CO)C(=O)[C@H]13. The molecule has 0 aliphatic carbocycles. The first-order valence-electron chi connectivity index (χ1n) is 12.7. The van der Waals surface area contributed by atoms with E-state index in [1.54, 1.807) is 40.8 Å². The molecule has 3 amide bonds. The molecule has 196 valence electrons. The van der Waals surface area contributed by atoms with Crippen LogP contribution in [0.4, 0.5) is 0 Å². The van der Waals surface area contributed by atoms with E-state index >= 15 is 0 Å². The van der Waals surface area contributed by atoms with Gasteiger partial charge in [0.25, 0.3) is 0 Å². The third-order valence-corrected chi connectivity index (χ3v) is 11.0. The van der Waals surface area contributed by atoms with E-state index in [-0.39, 0.29) is 34.4 Å². The highest BCUT2D eigenvalue weighted by Crippen LogP contribution is 2.68. The van der Waals surface area contributed by atoms with Gasteiger partial charge in [0.05, 0.1) is 29.2 Å². The van der Waals surface area contributed by atoms with Crippen molar-refractivity contribution in [3.63, 3.8) is 0 Å². The van der Waals surface area contributed by atoms with Crippen LogP contribution in [0, 0.1) is 11.8 Å². The first-order valence-corrected chi connectivity index (χ1v) is 14.5. The monoisotopic (exact) mass is 569 g/mol. The molecule has 3 aliphatic rings. The third kappa shape index (κ3) is 4.85. The van der Waals surface area contributed by atoms with Crippen molar-refractivity contribution in [2.75, 3.05) is 33.3 Å². The summed E-state index contributed by atoms with van der Waals surface area (Å²) in [6.07, 6.45) is 7.52. The summed E-state index contributed by atoms with van der Waals surface area (Å²) in [5.74, 6) is -1.44. The Bertz CT molecular complexity index is 837. The normalized spacial score (nSPS) is 31.9. The second-order valence-electron chi connectivity index (χ2n) is 9.94. The molecule has 3 heterocycles. The second kappa shape index (κ2) is 11.8. The van der Waals surface area contributed by atoms with Gasteiger partial charge in [0.1, 0.15) is 6.04 Å². The van der Waals surface area contributed by atoms with Gasteiger partial charge in [0.2, 0.25) is 17.7 Å². The van der Waals surface area contributed by atoms with Crippen LogP contribution in [0.25, 0.3) is 0 Å². The zero-order valence-electron chi connectivity index (χ0n) is 21.2. The van der Waals surface area contributed by atoms with Crippen LogP contribution in [-0.4, -0.2) is 97.7 Å². The zero-order valence-corrected chi connectivity index (χ0v) is 23.6. The molecular weight excluding hydrogens is 530 g/mol. The number of hydrogen-bond acceptors (Lipinski definition) is 5. The molecule has 1 N–H and O–H groups in total. The number of amides is 3. The molecule has 7 nitrogen and oxygen atoms in total. The van der Waals surface area contributed by atoms with Crippen molar-refractivity contribution in [3.05, 3.63) is 25.3 Å². The summed E-state index contributed by atoms with van der Waals surface area (Å²) in [5.41, 5.74) is 0. The number of carbonyl (C=O) groups excluding carboxylic acids is 3. The summed E-state index contributed by atoms with van der Waals surface area (Å²) in [5, 5.41) is 10.1. The Labute approximate surface area is 222 Å². The van der Waals surface area contributed by atoms with Crippen molar-refractivity contribution < 1.29 is 19.5 Å². The minimum absolute atomic E-state index is 0.0278. The topological polar surface area (TPSA) is 81.2 Å². The van der Waals surface area contributed by atoms with Crippen molar-refractivity contribution in [1.82, 2.24) is 14.7 Å². The first-order chi connectivity index (χ1) is 16.7. The van der Waals surface area contributed by atoms with Crippen LogP contribution in [0.5, 0.6) is 0 Å². The number of likely N-dealkylation sites (N-methyl/N-ethyl adjacent to an activating group) is 1. The standard InChI is InChI=1S/C26H40BrN3O4S/c1-6-10-11-14-29(13-8-3)25(34)22-26-15-18(27)21(35-26)19(23(32)28(5)12-7-2)20(26)24(33)30(22)17(9-4)16-31/h7-8,17-22,31H,2-3,6,9-16H2,1,4-5H3/t17-,18?,19+,20-,21+,22?,26?/m0/s1. The van der Waals surface area contributed by atoms with Gasteiger partial charge in [0, 0.05) is 36.8 Å². The van der Waals surface area contributed by atoms with Crippen LogP contribution < -0.4 is 0 Å². The number of thioether (sulfide) groups is 1. The molecule has 0 aromatic carbocycles. The third-order valence-electron chi connectivity index (χ3n) is 7.79. The van der Waals surface area contributed by atoms with E-state index in [2.05, 4.69) is 36.0 Å². The molecule has 35 heavy (non-hydrogen) atoms. The lowest BCUT2D eigenvalue weighted by molar-refractivity contribution is -0.146. The number of aliphatic hydroxyl groups is 1. The van der Waals surface area contributed by atoms with Crippen LogP contribution in [0.3, 0.4) is 0 Å². The number of hydrogen-bond donors (Lipinski definition) is 1. The molecule has 0 aromatic heterocycles. The minimum atomic E-state index is -0.712. The predicted molar refractivity (Wildman–Crippen MR) is 144 cm³/mol. The Morgan fingerprint density at radius 1 is 1.26 bits per heavy atom. The molecule has 1 spiro atoms. The fourth-order valence-corrected chi connectivity index (χ4v) is 9.73. The Morgan fingerprint density at radius 2 is 1.94 bits per heavy atom. The average molecular weight is 571 g/mol. The fourth-order valence-electron chi connectivity index (χ4n) is 6.15. The van der Waals surface area contributed by atoms with Gasteiger partial charge in [-0.2, -0.15) is 0 Å². The number of unbranched alkanes of at least 4 members (excludes halogenated alkanes) is 2. The number of aliphatic hydroxyl groups excluding tert-OH is 1. The number of alkyl halides is 1. The smallest absolute Gasteiger partial charge is 0.247 e. The van der Waals surface area contributed by atoms with E-state index < -0.39 is 28.7 Å². The molecule has 0 aromatic rings. The molecule has 9 heteroatoms. The largest absolute Gasteiger partial charge is 0.394 e. The van der Waals surface area contributed by atoms with E-state index in [4.69, 9.17) is 0 Å². The summed E-state index contributed by atoms with van der Waals surface area (Å²) in [6.45, 7) is 12.8. The van der Waals surface area contributed by atoms with Crippen molar-refractivity contribution in [3.8, 4) is 0 Å². The molecule has 3 unspecified atom stereocenters. The number of rotatable bonds is 13. The van der Waals surface area contributed by atoms with Gasteiger partial charge in [-0.1, -0.05) is 54.8 Å². The van der Waals surface area contributed by atoms with Crippen molar-refractivity contribution in [2.45, 2.75) is 72.9 Å². The highest BCUT2D eigenvalue weighted by atomic mass is 79.9. The van der Waals surface area contributed by atoms with E-state index in [1.807, 2.05) is 11.8 Å². The van der Waals surface area contributed by atoms with Gasteiger partial charge in [-0.25, -0.2) is 0 Å². The molecule has 2 bridgehead atoms. The molecule has 3 fully saturated rings. The van der Waals surface area contributed by atoms with Gasteiger partial charge >= 0.3 is 0 Å². The maximum absolute atomic E-state index is 14.2. The summed E-state index contributed by atoms with van der Waals surface area (Å²) in [4.78, 5) is 47.0. The van der Waals surface area contributed by atoms with Gasteiger partial charge in [-0.05, 0) is 19.3 Å². The number of likely N-dealkylation sites (tertiary alicyclic amines) is 1. The Morgan fingerprint density at radius 3 is 2.51 bits per heavy atom. The Balaban J connectivity index is 2.07. The summed E-state index contributed by atoms with van der Waals surface area (Å²) < 4.78 is -0.699. The molecule has 3 aliphatic heterocycles. The fraction of sp³-hybridized carbons (Fsp3) is 0.731. The maximum Gasteiger partial charge on any atom is 0.247 e. The molecule has 7 atom stereocenters. The molecule has 0 radical (unpaired) electrons. The predicted octanol–water partition coefficient (Wildman–Crippen LogP) is 3.07. The van der Waals surface area contributed by atoms with Crippen LogP contribution in [-0.2, 0) is 14.4 Å². The van der Waals surface area contributed by atoms with Gasteiger partial charge in [-0.3, -0.25) is 14.4 Å². The zero-order chi connectivity index (χ0) is 25.9. The summed E-state index contributed by atoms with van der Waals surface area (Å²) in [7, 11) is 1.73. The van der Waals surface area contributed by atoms with E-state index in [1.165, 1.54) is 0 Å². The van der Waals surface area contributed by atoms with Crippen molar-refractivity contribution in [2.24, 2.45) is 11.8 Å². The summed E-state index contributed by atoms with van der Waals surface area (Å²) in [6, 6.07) is -1.18. The number of fused-ring (bicyclic) bond motifs is 1. The van der Waals surface area contributed by atoms with Crippen molar-refractivity contribution >= 4 is 45.4 Å². The van der Waals surface area contributed by atoms with Gasteiger partial charge in [-0.15, -0.1) is 24.9 Å². The number of halogens is 1. The quantitative estimate of drug-likeness (QED) is 0.209. The Hall–Kier alpha value is -1.32. The van der Waals surface area contributed by atoms with E-state index in [0.29, 0.717) is 32.5 Å². The lowest BCUT2D eigenvalue weighted by atomic mass is 9.70. The summed E-state index contributed by atoms with van der Waals surface area (Å²) >= 11 is 5.44. The van der Waals surface area contributed by atoms with Crippen LogP contribution in [0.1, 0.15) is 46.0 Å². The highest BCUT2D eigenvalue weighted by molar-refractivity contribution is 9.09. The number of nitrogens with zero attached hydrogens (tertiary/aromatic N) is 3. The van der Waals surface area contributed by atoms with E-state index in [0.717, 1.165) is 19.3 Å². The first kappa shape index (κ1) is 28.3. The molecule has 0 saturated carbocycles. The Kier molecular flexibility index (Phi) is 9.54. The second-order valence-corrected chi connectivity index (χ2v) is 12.7. The minimum Gasteiger partial charge on any atom is -0.394 e. The maximum atomic E-state index is 14.2. The van der Waals surface area contributed by atoms with Gasteiger partial charge < -0.3 is 19.8 Å². The lowest BCUT2D eigenvalue weighted by Crippen LogP contribution is -2.58. The van der Waals surface area contributed by atoms with Crippen LogP contribution in [0.15, 0.2) is 25.3 Å². The number of carbonyl (C=O) groups is 3. The molecule has 3 saturated heterocycles. The van der Waals surface area contributed by atoms with Crippen molar-refractivity contribution in [1.29, 1.82) is 0 Å². The molecular formula is C26H40BrN3O4S. The van der Waals surface area contributed by atoms with Gasteiger partial charge in [0.15, 0.2) is 0 Å². The average Bonchev–Trinajstić information content (AvgIpc) is 3.42.